The topological polar surface area (TPSA) is 20.2 Å². The van der Waals surface area contributed by atoms with E-state index in [4.69, 9.17) is 0 Å². The molecule has 0 spiro atoms. The Morgan fingerprint density at radius 3 is 1.39 bits per heavy atom. The molecule has 1 unspecified atom stereocenters. The normalized spacial score (nSPS) is 16.3. The molecule has 1 nitrogen and oxygen atoms in total. The van der Waals surface area contributed by atoms with Gasteiger partial charge in [0.25, 0.3) is 0 Å². The second kappa shape index (κ2) is 6.38. The van der Waals surface area contributed by atoms with Crippen molar-refractivity contribution < 1.29 is 5.11 Å². The summed E-state index contributed by atoms with van der Waals surface area (Å²) in [6.45, 7) is 20.3. The minimum Gasteiger partial charge on any atom is -0.389 e. The van der Waals surface area contributed by atoms with E-state index in [2.05, 4.69) is 74.1 Å². The van der Waals surface area contributed by atoms with Crippen molar-refractivity contribution in [2.45, 2.75) is 85.0 Å². The van der Waals surface area contributed by atoms with Gasteiger partial charge in [0.05, 0.1) is 14.2 Å². The summed E-state index contributed by atoms with van der Waals surface area (Å²) in [6.07, 6.45) is 1.73. The fourth-order valence-electron chi connectivity index (χ4n) is 3.12. The van der Waals surface area contributed by atoms with Crippen LogP contribution in [-0.4, -0.2) is 19.3 Å². The average molecular weight is 271 g/mol. The summed E-state index contributed by atoms with van der Waals surface area (Å²) in [5.41, 5.74) is 4.48. The summed E-state index contributed by atoms with van der Waals surface area (Å²) < 4.78 is 0. The molecule has 0 bridgehead atoms. The van der Waals surface area contributed by atoms with E-state index in [9.17, 15) is 5.11 Å². The van der Waals surface area contributed by atoms with Crippen molar-refractivity contribution in [1.29, 1.82) is 0 Å². The van der Waals surface area contributed by atoms with Crippen LogP contribution in [0.5, 0.6) is 0 Å². The highest BCUT2D eigenvalue weighted by Gasteiger charge is 2.40. The molecule has 1 atom stereocenters. The Morgan fingerprint density at radius 1 is 0.833 bits per heavy atom. The Labute approximate surface area is 116 Å². The molecular formula is C16H34OSi. The minimum atomic E-state index is -1.51. The summed E-state index contributed by atoms with van der Waals surface area (Å²) in [7, 11) is -1.51. The van der Waals surface area contributed by atoms with E-state index in [0.717, 1.165) is 0 Å². The van der Waals surface area contributed by atoms with E-state index in [1.165, 1.54) is 0 Å². The highest BCUT2D eigenvalue weighted by atomic mass is 28.3. The molecular weight excluding hydrogens is 236 g/mol. The third kappa shape index (κ3) is 3.96. The standard InChI is InChI=1S/C16H34OSi/c1-12(2)18(13(3)4,14(5)6)11-10-15(17)16(7,8)9/h10-15,17H,1-9H3/b11-10+. The van der Waals surface area contributed by atoms with E-state index in [-0.39, 0.29) is 11.5 Å². The molecule has 1 N–H and O–H groups in total. The number of rotatable bonds is 5. The Morgan fingerprint density at radius 2 is 1.17 bits per heavy atom. The first-order chi connectivity index (χ1) is 7.96. The molecule has 0 aromatic rings. The van der Waals surface area contributed by atoms with Crippen LogP contribution < -0.4 is 0 Å². The molecule has 0 aliphatic heterocycles. The lowest BCUT2D eigenvalue weighted by Crippen LogP contribution is -2.43. The van der Waals surface area contributed by atoms with Gasteiger partial charge in [-0.25, -0.2) is 0 Å². The molecule has 0 fully saturated rings. The number of aliphatic hydroxyl groups is 1. The smallest absolute Gasteiger partial charge is 0.0850 e. The third-order valence-corrected chi connectivity index (χ3v) is 11.2. The van der Waals surface area contributed by atoms with Crippen LogP contribution in [-0.2, 0) is 0 Å². The lowest BCUT2D eigenvalue weighted by atomic mass is 9.89. The fraction of sp³-hybridized carbons (Fsp3) is 0.875. The van der Waals surface area contributed by atoms with Crippen LogP contribution in [0.4, 0.5) is 0 Å². The molecule has 0 aliphatic rings. The highest BCUT2D eigenvalue weighted by Crippen LogP contribution is 2.42. The van der Waals surface area contributed by atoms with Crippen molar-refractivity contribution in [2.24, 2.45) is 5.41 Å². The maximum absolute atomic E-state index is 10.2. The molecule has 0 heterocycles. The predicted molar refractivity (Wildman–Crippen MR) is 85.6 cm³/mol. The van der Waals surface area contributed by atoms with Gasteiger partial charge in [0, 0.05) is 0 Å². The predicted octanol–water partition coefficient (Wildman–Crippen LogP) is 5.17. The van der Waals surface area contributed by atoms with Crippen LogP contribution in [0.1, 0.15) is 62.3 Å². The zero-order valence-corrected chi connectivity index (χ0v) is 14.9. The number of aliphatic hydroxyl groups excluding tert-OH is 1. The quantitative estimate of drug-likeness (QED) is 0.684. The van der Waals surface area contributed by atoms with Crippen molar-refractivity contribution in [3.8, 4) is 0 Å². The van der Waals surface area contributed by atoms with Gasteiger partial charge in [-0.05, 0) is 22.0 Å². The summed E-state index contributed by atoms with van der Waals surface area (Å²) in [6, 6.07) is 0. The van der Waals surface area contributed by atoms with Crippen molar-refractivity contribution in [1.82, 2.24) is 0 Å². The van der Waals surface area contributed by atoms with Gasteiger partial charge in [0.15, 0.2) is 0 Å². The van der Waals surface area contributed by atoms with Crippen LogP contribution in [0.2, 0.25) is 16.6 Å². The van der Waals surface area contributed by atoms with Gasteiger partial charge in [0.2, 0.25) is 0 Å². The molecule has 0 saturated heterocycles. The van der Waals surface area contributed by atoms with E-state index < -0.39 is 8.07 Å². The van der Waals surface area contributed by atoms with Crippen LogP contribution in [0, 0.1) is 5.41 Å². The fourth-order valence-corrected chi connectivity index (χ4v) is 8.79. The third-order valence-electron chi connectivity index (χ3n) is 4.45. The minimum absolute atomic E-state index is 0.0679. The van der Waals surface area contributed by atoms with Gasteiger partial charge in [0.1, 0.15) is 0 Å². The van der Waals surface area contributed by atoms with Gasteiger partial charge in [-0.2, -0.15) is 0 Å². The summed E-state index contributed by atoms with van der Waals surface area (Å²) >= 11 is 0. The SMILES string of the molecule is CC(C)[Si](/C=C/C(O)C(C)(C)C)(C(C)C)C(C)C. The Hall–Kier alpha value is -0.0831. The zero-order chi connectivity index (χ0) is 14.7. The number of hydrogen-bond acceptors (Lipinski definition) is 1. The summed E-state index contributed by atoms with van der Waals surface area (Å²) in [5, 5.41) is 10.2. The van der Waals surface area contributed by atoms with Gasteiger partial charge in [-0.1, -0.05) is 74.1 Å². The van der Waals surface area contributed by atoms with Gasteiger partial charge in [-0.3, -0.25) is 0 Å². The second-order valence-corrected chi connectivity index (χ2v) is 13.4. The maximum Gasteiger partial charge on any atom is 0.0850 e. The molecule has 2 heteroatoms. The molecule has 0 rings (SSSR count). The largest absolute Gasteiger partial charge is 0.389 e. The first-order valence-electron chi connectivity index (χ1n) is 7.33. The summed E-state index contributed by atoms with van der Waals surface area (Å²) in [5.74, 6) is 0. The monoisotopic (exact) mass is 270 g/mol. The molecule has 18 heavy (non-hydrogen) atoms. The molecule has 0 aromatic carbocycles. The Kier molecular flexibility index (Phi) is 6.35. The van der Waals surface area contributed by atoms with Crippen LogP contribution in [0.15, 0.2) is 11.8 Å². The molecule has 0 saturated carbocycles. The Bertz CT molecular complexity index is 250. The maximum atomic E-state index is 10.2. The van der Waals surface area contributed by atoms with Crippen molar-refractivity contribution in [3.63, 3.8) is 0 Å². The molecule has 108 valence electrons. The van der Waals surface area contributed by atoms with Gasteiger partial charge in [-0.15, -0.1) is 0 Å². The van der Waals surface area contributed by atoms with Crippen molar-refractivity contribution >= 4 is 8.07 Å². The van der Waals surface area contributed by atoms with E-state index in [0.29, 0.717) is 16.6 Å². The molecule has 0 amide bonds. The van der Waals surface area contributed by atoms with Crippen LogP contribution >= 0.6 is 0 Å². The first-order valence-corrected chi connectivity index (χ1v) is 9.64. The lowest BCUT2D eigenvalue weighted by molar-refractivity contribution is 0.105. The van der Waals surface area contributed by atoms with Crippen molar-refractivity contribution in [2.75, 3.05) is 0 Å². The average Bonchev–Trinajstić information content (AvgIpc) is 2.14. The second-order valence-electron chi connectivity index (χ2n) is 7.63. The van der Waals surface area contributed by atoms with Gasteiger partial charge >= 0.3 is 0 Å². The summed E-state index contributed by atoms with van der Waals surface area (Å²) in [4.78, 5) is 0. The van der Waals surface area contributed by atoms with Gasteiger partial charge < -0.3 is 5.11 Å². The van der Waals surface area contributed by atoms with Crippen LogP contribution in [0.3, 0.4) is 0 Å². The Balaban J connectivity index is 5.32. The van der Waals surface area contributed by atoms with E-state index in [1.807, 2.05) is 0 Å². The van der Waals surface area contributed by atoms with E-state index >= 15 is 0 Å². The zero-order valence-electron chi connectivity index (χ0n) is 13.9. The first kappa shape index (κ1) is 17.9. The van der Waals surface area contributed by atoms with Crippen molar-refractivity contribution in [3.05, 3.63) is 11.8 Å². The van der Waals surface area contributed by atoms with Crippen LogP contribution in [0.25, 0.3) is 0 Å². The lowest BCUT2D eigenvalue weighted by Gasteiger charge is -2.41. The molecule has 0 aromatic heterocycles. The van der Waals surface area contributed by atoms with E-state index in [1.54, 1.807) is 0 Å². The number of hydrogen-bond donors (Lipinski definition) is 1. The highest BCUT2D eigenvalue weighted by molar-refractivity contribution is 6.87. The molecule has 0 aliphatic carbocycles. The molecule has 0 radical (unpaired) electrons.